The maximum Gasteiger partial charge on any atom is 0.410 e. The average Bonchev–Trinajstić information content (AvgIpc) is 2.82. The third-order valence-corrected chi connectivity index (χ3v) is 5.38. The minimum absolute atomic E-state index is 0. The quantitative estimate of drug-likeness (QED) is 0.324. The van der Waals surface area contributed by atoms with Crippen molar-refractivity contribution in [3.8, 4) is 0 Å². The van der Waals surface area contributed by atoms with Gasteiger partial charge in [-0.1, -0.05) is 6.92 Å². The minimum Gasteiger partial charge on any atom is -0.444 e. The summed E-state index contributed by atoms with van der Waals surface area (Å²) in [5.41, 5.74) is -0.526. The van der Waals surface area contributed by atoms with Crippen LogP contribution in [0.1, 0.15) is 40.5 Å². The predicted octanol–water partition coefficient (Wildman–Crippen LogP) is 1.60. The van der Waals surface area contributed by atoms with Crippen LogP contribution in [0.3, 0.4) is 0 Å². The molecule has 0 aliphatic carbocycles. The number of hydrogen-bond acceptors (Lipinski definition) is 5. The molecule has 26 heavy (non-hydrogen) atoms. The molecule has 1 aliphatic rings. The van der Waals surface area contributed by atoms with E-state index in [0.29, 0.717) is 32.0 Å². The van der Waals surface area contributed by atoms with Crippen LogP contribution in [0.25, 0.3) is 0 Å². The van der Waals surface area contributed by atoms with Gasteiger partial charge in [-0.05, 0) is 33.6 Å². The van der Waals surface area contributed by atoms with E-state index >= 15 is 0 Å². The smallest absolute Gasteiger partial charge is 0.410 e. The number of carbonyl (C=O) groups is 1. The van der Waals surface area contributed by atoms with Gasteiger partial charge < -0.3 is 20.3 Å². The zero-order chi connectivity index (χ0) is 19.1. The second-order valence-corrected chi connectivity index (χ2v) is 9.44. The maximum absolute atomic E-state index is 12.2. The summed E-state index contributed by atoms with van der Waals surface area (Å²) in [6, 6.07) is -0.117. The molecule has 0 radical (unpaired) electrons. The number of nitrogens with zero attached hydrogens (tertiary/aromatic N) is 2. The second kappa shape index (κ2) is 11.2. The highest BCUT2D eigenvalue weighted by Crippen LogP contribution is 2.11. The zero-order valence-electron chi connectivity index (χ0n) is 16.4. The number of hydrogen-bond donors (Lipinski definition) is 2. The molecule has 0 aromatic carbocycles. The van der Waals surface area contributed by atoms with Crippen molar-refractivity contribution in [1.82, 2.24) is 15.5 Å². The average molecular weight is 504 g/mol. The van der Waals surface area contributed by atoms with Crippen LogP contribution >= 0.6 is 24.0 Å². The summed E-state index contributed by atoms with van der Waals surface area (Å²) in [7, 11) is -1.30. The summed E-state index contributed by atoms with van der Waals surface area (Å²) in [5, 5.41) is 6.24. The summed E-state index contributed by atoms with van der Waals surface area (Å²) in [6.45, 7) is 9.12. The Labute approximate surface area is 174 Å². The van der Waals surface area contributed by atoms with Crippen LogP contribution in [0.2, 0.25) is 0 Å². The first-order valence-electron chi connectivity index (χ1n) is 8.72. The number of sulfone groups is 1. The molecule has 1 amide bonds. The number of rotatable bonds is 6. The van der Waals surface area contributed by atoms with Crippen molar-refractivity contribution in [3.05, 3.63) is 0 Å². The van der Waals surface area contributed by atoms with Crippen molar-refractivity contribution in [2.45, 2.75) is 52.2 Å². The van der Waals surface area contributed by atoms with E-state index < -0.39 is 15.4 Å². The lowest BCUT2D eigenvalue weighted by molar-refractivity contribution is 0.0253. The highest BCUT2D eigenvalue weighted by atomic mass is 127. The Bertz CT molecular complexity index is 575. The number of ether oxygens (including phenoxy) is 1. The van der Waals surface area contributed by atoms with Gasteiger partial charge in [-0.3, -0.25) is 4.99 Å². The normalized spacial score (nSPS) is 19.4. The van der Waals surface area contributed by atoms with Crippen molar-refractivity contribution in [2.75, 3.05) is 38.2 Å². The molecule has 0 aromatic heterocycles. The van der Waals surface area contributed by atoms with Gasteiger partial charge in [-0.2, -0.15) is 0 Å². The number of carbonyl (C=O) groups excluding carboxylic acids is 1. The van der Waals surface area contributed by atoms with Crippen LogP contribution < -0.4 is 10.6 Å². The van der Waals surface area contributed by atoms with Crippen molar-refractivity contribution in [2.24, 2.45) is 4.99 Å². The van der Waals surface area contributed by atoms with Crippen LogP contribution in [0, 0.1) is 0 Å². The molecule has 1 fully saturated rings. The Hall–Kier alpha value is -0.780. The molecule has 0 bridgehead atoms. The molecule has 1 heterocycles. The summed E-state index contributed by atoms with van der Waals surface area (Å²) in [4.78, 5) is 18.0. The van der Waals surface area contributed by atoms with Crippen LogP contribution in [0.5, 0.6) is 0 Å². The predicted molar refractivity (Wildman–Crippen MR) is 115 cm³/mol. The molecule has 1 aliphatic heterocycles. The fourth-order valence-corrected chi connectivity index (χ4v) is 4.17. The Morgan fingerprint density at radius 3 is 2.42 bits per heavy atom. The van der Waals surface area contributed by atoms with Gasteiger partial charge in [0.25, 0.3) is 0 Å². The fraction of sp³-hybridized carbons (Fsp3) is 0.875. The third-order valence-electron chi connectivity index (χ3n) is 3.62. The summed E-state index contributed by atoms with van der Waals surface area (Å²) < 4.78 is 28.4. The van der Waals surface area contributed by atoms with Gasteiger partial charge in [-0.25, -0.2) is 13.2 Å². The van der Waals surface area contributed by atoms with Crippen LogP contribution in [-0.4, -0.2) is 75.2 Å². The molecular weight excluding hydrogens is 471 g/mol. The van der Waals surface area contributed by atoms with Crippen molar-refractivity contribution in [3.63, 3.8) is 0 Å². The first-order valence-corrected chi connectivity index (χ1v) is 10.5. The molecule has 1 saturated heterocycles. The van der Waals surface area contributed by atoms with Gasteiger partial charge in [-0.15, -0.1) is 24.0 Å². The molecule has 1 atom stereocenters. The molecule has 154 valence electrons. The van der Waals surface area contributed by atoms with Gasteiger partial charge >= 0.3 is 6.09 Å². The number of nitrogens with one attached hydrogen (secondary N) is 2. The van der Waals surface area contributed by atoms with E-state index in [1.165, 1.54) is 0 Å². The molecule has 1 rings (SSSR count). The van der Waals surface area contributed by atoms with Crippen LogP contribution in [0.15, 0.2) is 4.99 Å². The van der Waals surface area contributed by atoms with E-state index in [1.54, 1.807) is 11.9 Å². The van der Waals surface area contributed by atoms with Crippen molar-refractivity contribution < 1.29 is 17.9 Å². The Balaban J connectivity index is 0.00000625. The molecule has 0 saturated carbocycles. The molecule has 2 N–H and O–H groups in total. The van der Waals surface area contributed by atoms with Gasteiger partial charge in [0.2, 0.25) is 0 Å². The zero-order valence-corrected chi connectivity index (χ0v) is 19.5. The Kier molecular flexibility index (Phi) is 10.8. The first kappa shape index (κ1) is 25.2. The summed E-state index contributed by atoms with van der Waals surface area (Å²) in [6.07, 6.45) is 1.09. The van der Waals surface area contributed by atoms with E-state index in [0.717, 1.165) is 6.42 Å². The van der Waals surface area contributed by atoms with E-state index in [1.807, 2.05) is 27.7 Å². The monoisotopic (exact) mass is 504 g/mol. The second-order valence-electron chi connectivity index (χ2n) is 7.21. The molecule has 0 spiro atoms. The van der Waals surface area contributed by atoms with E-state index in [2.05, 4.69) is 15.6 Å². The van der Waals surface area contributed by atoms with Crippen LogP contribution in [-0.2, 0) is 14.6 Å². The standard InChI is InChI=1S/C16H32N4O4S.HI/c1-6-9-20(15(21)24-16(2,3)4)10-8-18-14(17-5)19-13-7-11-25(22,23)12-13;/h13H,6-12H2,1-5H3,(H2,17,18,19);1H. The Morgan fingerprint density at radius 2 is 1.96 bits per heavy atom. The van der Waals surface area contributed by atoms with Gasteiger partial charge in [0.1, 0.15) is 5.60 Å². The van der Waals surface area contributed by atoms with Crippen molar-refractivity contribution >= 4 is 45.9 Å². The minimum atomic E-state index is -2.93. The number of halogens is 1. The molecule has 1 unspecified atom stereocenters. The maximum atomic E-state index is 12.2. The SMILES string of the molecule is CCCN(CCNC(=NC)NC1CCS(=O)(=O)C1)C(=O)OC(C)(C)C.I. The lowest BCUT2D eigenvalue weighted by Crippen LogP contribution is -2.47. The molecule has 8 nitrogen and oxygen atoms in total. The van der Waals surface area contributed by atoms with Gasteiger partial charge in [0.05, 0.1) is 11.5 Å². The van der Waals surface area contributed by atoms with E-state index in [-0.39, 0.29) is 47.6 Å². The van der Waals surface area contributed by atoms with E-state index in [9.17, 15) is 13.2 Å². The first-order chi connectivity index (χ1) is 11.6. The number of amides is 1. The van der Waals surface area contributed by atoms with Crippen molar-refractivity contribution in [1.29, 1.82) is 0 Å². The molecular formula is C16H33IN4O4S. The molecule has 0 aromatic rings. The highest BCUT2D eigenvalue weighted by molar-refractivity contribution is 14.0. The van der Waals surface area contributed by atoms with E-state index in [4.69, 9.17) is 4.74 Å². The van der Waals surface area contributed by atoms with Gasteiger partial charge in [0, 0.05) is 32.7 Å². The fourth-order valence-electron chi connectivity index (χ4n) is 2.50. The summed E-state index contributed by atoms with van der Waals surface area (Å²) in [5.74, 6) is 0.890. The number of aliphatic imine (C=N–C) groups is 1. The number of guanidine groups is 1. The highest BCUT2D eigenvalue weighted by Gasteiger charge is 2.28. The third kappa shape index (κ3) is 9.79. The van der Waals surface area contributed by atoms with Gasteiger partial charge in [0.15, 0.2) is 15.8 Å². The topological polar surface area (TPSA) is 100 Å². The lowest BCUT2D eigenvalue weighted by atomic mass is 10.2. The largest absolute Gasteiger partial charge is 0.444 e. The Morgan fingerprint density at radius 1 is 1.31 bits per heavy atom. The van der Waals surface area contributed by atoms with Crippen LogP contribution in [0.4, 0.5) is 4.79 Å². The molecule has 10 heteroatoms. The lowest BCUT2D eigenvalue weighted by Gasteiger charge is -2.27. The summed E-state index contributed by atoms with van der Waals surface area (Å²) >= 11 is 0.